The van der Waals surface area contributed by atoms with Gasteiger partial charge in [-0.05, 0) is 17.4 Å². The lowest BCUT2D eigenvalue weighted by Crippen LogP contribution is -2.45. The van der Waals surface area contributed by atoms with Gasteiger partial charge in [-0.2, -0.15) is 5.10 Å². The Morgan fingerprint density at radius 2 is 2.05 bits per heavy atom. The molecule has 100 valence electrons. The molecule has 1 aromatic rings. The molecule has 0 saturated heterocycles. The second kappa shape index (κ2) is 4.48. The fourth-order valence-electron chi connectivity index (χ4n) is 3.32. The van der Waals surface area contributed by atoms with Gasteiger partial charge in [0.25, 0.3) is 0 Å². The number of benzene rings is 1. The molecule has 3 rings (SSSR count). The normalized spacial score (nSPS) is 28.5. The highest BCUT2D eigenvalue weighted by atomic mass is 16.1. The largest absolute Gasteiger partial charge is 0.306 e. The predicted molar refractivity (Wildman–Crippen MR) is 76.0 cm³/mol. The summed E-state index contributed by atoms with van der Waals surface area (Å²) in [4.78, 5) is 12.4. The molecule has 0 bridgehead atoms. The minimum atomic E-state index is -0.00627. The van der Waals surface area contributed by atoms with E-state index in [9.17, 15) is 4.79 Å². The van der Waals surface area contributed by atoms with Gasteiger partial charge in [0, 0.05) is 12.8 Å². The van der Waals surface area contributed by atoms with Gasteiger partial charge in [-0.1, -0.05) is 44.2 Å². The smallest absolute Gasteiger partial charge is 0.144 e. The zero-order valence-corrected chi connectivity index (χ0v) is 11.5. The predicted octanol–water partition coefficient (Wildman–Crippen LogP) is 2.56. The Labute approximate surface area is 114 Å². The van der Waals surface area contributed by atoms with Crippen LogP contribution in [0.5, 0.6) is 0 Å². The van der Waals surface area contributed by atoms with Crippen molar-refractivity contribution in [1.29, 1.82) is 0 Å². The van der Waals surface area contributed by atoms with Gasteiger partial charge < -0.3 is 5.43 Å². The summed E-state index contributed by atoms with van der Waals surface area (Å²) in [6.45, 7) is 4.33. The van der Waals surface area contributed by atoms with Gasteiger partial charge in [0.15, 0.2) is 0 Å². The van der Waals surface area contributed by atoms with Crippen LogP contribution >= 0.6 is 0 Å². The summed E-state index contributed by atoms with van der Waals surface area (Å²) >= 11 is 0. The van der Waals surface area contributed by atoms with E-state index in [1.54, 1.807) is 0 Å². The van der Waals surface area contributed by atoms with Crippen LogP contribution in [-0.4, -0.2) is 17.5 Å². The molecule has 1 aliphatic carbocycles. The minimum Gasteiger partial charge on any atom is -0.306 e. The zero-order chi connectivity index (χ0) is 13.5. The highest BCUT2D eigenvalue weighted by Crippen LogP contribution is 2.38. The third-order valence-electron chi connectivity index (χ3n) is 4.14. The maximum absolute atomic E-state index is 12.4. The number of ketones is 1. The number of nitrogens with one attached hydrogen (secondary N) is 1. The standard InChI is InChI=1S/C16H20N2O/c1-16(2)9-13-15(14(19)10-16)12(17-18-13)8-11-6-4-3-5-7-11/h3-7,13,15,18H,8-10H2,1-2H3/t13-,15+/m0/s1. The molecular weight excluding hydrogens is 236 g/mol. The number of carbonyl (C=O) groups is 1. The van der Waals surface area contributed by atoms with Crippen LogP contribution in [-0.2, 0) is 11.2 Å². The molecule has 1 fully saturated rings. The molecule has 3 heteroatoms. The van der Waals surface area contributed by atoms with Crippen LogP contribution in [0.1, 0.15) is 32.3 Å². The maximum Gasteiger partial charge on any atom is 0.144 e. The Hall–Kier alpha value is -1.64. The molecule has 1 aromatic carbocycles. The Bertz CT molecular complexity index is 519. The summed E-state index contributed by atoms with van der Waals surface area (Å²) in [5.41, 5.74) is 5.52. The Morgan fingerprint density at radius 1 is 1.32 bits per heavy atom. The quantitative estimate of drug-likeness (QED) is 0.883. The topological polar surface area (TPSA) is 41.5 Å². The SMILES string of the molecule is CC1(C)CC(=O)[C@@H]2C(Cc3ccccc3)=NN[C@H]2C1. The Morgan fingerprint density at radius 3 is 2.79 bits per heavy atom. The van der Waals surface area contributed by atoms with Crippen molar-refractivity contribution < 1.29 is 4.79 Å². The summed E-state index contributed by atoms with van der Waals surface area (Å²) in [6.07, 6.45) is 2.47. The van der Waals surface area contributed by atoms with Crippen LogP contribution in [0.25, 0.3) is 0 Å². The average Bonchev–Trinajstić information content (AvgIpc) is 2.72. The number of hydrogen-bond acceptors (Lipinski definition) is 3. The number of fused-ring (bicyclic) bond motifs is 1. The van der Waals surface area contributed by atoms with Gasteiger partial charge in [0.2, 0.25) is 0 Å². The number of carbonyl (C=O) groups excluding carboxylic acids is 1. The fourth-order valence-corrected chi connectivity index (χ4v) is 3.32. The third kappa shape index (κ3) is 2.42. The van der Waals surface area contributed by atoms with Crippen molar-refractivity contribution in [3.63, 3.8) is 0 Å². The van der Waals surface area contributed by atoms with E-state index < -0.39 is 0 Å². The van der Waals surface area contributed by atoms with E-state index >= 15 is 0 Å². The molecule has 1 saturated carbocycles. The zero-order valence-electron chi connectivity index (χ0n) is 11.5. The Balaban J connectivity index is 1.77. The van der Waals surface area contributed by atoms with Gasteiger partial charge >= 0.3 is 0 Å². The molecule has 2 atom stereocenters. The lowest BCUT2D eigenvalue weighted by molar-refractivity contribution is -0.126. The van der Waals surface area contributed by atoms with Crippen molar-refractivity contribution in [2.45, 2.75) is 39.2 Å². The summed E-state index contributed by atoms with van der Waals surface area (Å²) < 4.78 is 0. The molecular formula is C16H20N2O. The molecule has 3 nitrogen and oxygen atoms in total. The number of rotatable bonds is 2. The number of hydrazone groups is 1. The first kappa shape index (κ1) is 12.4. The fraction of sp³-hybridized carbons (Fsp3) is 0.500. The molecule has 0 amide bonds. The summed E-state index contributed by atoms with van der Waals surface area (Å²) in [5.74, 6) is 0.342. The summed E-state index contributed by atoms with van der Waals surface area (Å²) in [6, 6.07) is 10.5. The van der Waals surface area contributed by atoms with Crippen molar-refractivity contribution in [1.82, 2.24) is 5.43 Å². The van der Waals surface area contributed by atoms with Crippen LogP contribution < -0.4 is 5.43 Å². The van der Waals surface area contributed by atoms with Gasteiger partial charge in [-0.15, -0.1) is 0 Å². The van der Waals surface area contributed by atoms with Crippen molar-refractivity contribution in [2.75, 3.05) is 0 Å². The number of nitrogens with zero attached hydrogens (tertiary/aromatic N) is 1. The van der Waals surface area contributed by atoms with E-state index in [2.05, 4.69) is 36.5 Å². The van der Waals surface area contributed by atoms with Crippen LogP contribution in [0.2, 0.25) is 0 Å². The summed E-state index contributed by atoms with van der Waals surface area (Å²) in [7, 11) is 0. The van der Waals surface area contributed by atoms with Gasteiger partial charge in [0.1, 0.15) is 5.78 Å². The lowest BCUT2D eigenvalue weighted by Gasteiger charge is -2.36. The molecule has 0 aromatic heterocycles. The molecule has 19 heavy (non-hydrogen) atoms. The highest BCUT2D eigenvalue weighted by Gasteiger charge is 2.45. The summed E-state index contributed by atoms with van der Waals surface area (Å²) in [5, 5.41) is 4.44. The van der Waals surface area contributed by atoms with Crippen molar-refractivity contribution in [3.8, 4) is 0 Å². The van der Waals surface area contributed by atoms with Gasteiger partial charge in [-0.3, -0.25) is 4.79 Å². The van der Waals surface area contributed by atoms with E-state index in [0.29, 0.717) is 12.2 Å². The average molecular weight is 256 g/mol. The molecule has 1 heterocycles. The van der Waals surface area contributed by atoms with Crippen molar-refractivity contribution >= 4 is 11.5 Å². The van der Waals surface area contributed by atoms with Crippen LogP contribution in [0, 0.1) is 11.3 Å². The van der Waals surface area contributed by atoms with Crippen LogP contribution in [0.15, 0.2) is 35.4 Å². The monoisotopic (exact) mass is 256 g/mol. The first-order chi connectivity index (χ1) is 9.05. The van der Waals surface area contributed by atoms with E-state index in [1.165, 1.54) is 5.56 Å². The molecule has 0 unspecified atom stereocenters. The second-order valence-corrected chi connectivity index (χ2v) is 6.49. The molecule has 0 radical (unpaired) electrons. The van der Waals surface area contributed by atoms with Crippen molar-refractivity contribution in [2.24, 2.45) is 16.4 Å². The number of hydrogen-bond donors (Lipinski definition) is 1. The third-order valence-corrected chi connectivity index (χ3v) is 4.14. The molecule has 0 spiro atoms. The molecule has 1 aliphatic heterocycles. The lowest BCUT2D eigenvalue weighted by atomic mass is 9.68. The first-order valence-electron chi connectivity index (χ1n) is 6.94. The van der Waals surface area contributed by atoms with E-state index in [4.69, 9.17) is 0 Å². The Kier molecular flexibility index (Phi) is 2.92. The van der Waals surface area contributed by atoms with E-state index in [0.717, 1.165) is 18.6 Å². The van der Waals surface area contributed by atoms with Crippen LogP contribution in [0.3, 0.4) is 0 Å². The first-order valence-corrected chi connectivity index (χ1v) is 6.94. The molecule has 2 aliphatic rings. The maximum atomic E-state index is 12.4. The number of Topliss-reactive ketones (excluding diaryl/α,β-unsaturated/α-hetero) is 1. The van der Waals surface area contributed by atoms with E-state index in [1.807, 2.05) is 18.2 Å². The van der Waals surface area contributed by atoms with Crippen molar-refractivity contribution in [3.05, 3.63) is 35.9 Å². The van der Waals surface area contributed by atoms with Crippen LogP contribution in [0.4, 0.5) is 0 Å². The highest BCUT2D eigenvalue weighted by molar-refractivity contribution is 6.08. The van der Waals surface area contributed by atoms with Gasteiger partial charge in [-0.25, -0.2) is 0 Å². The second-order valence-electron chi connectivity index (χ2n) is 6.49. The van der Waals surface area contributed by atoms with Gasteiger partial charge in [0.05, 0.1) is 17.7 Å². The van der Waals surface area contributed by atoms with E-state index in [-0.39, 0.29) is 17.4 Å². The molecule has 1 N–H and O–H groups in total. The minimum absolute atomic E-state index is 0.00627.